The fourth-order valence-corrected chi connectivity index (χ4v) is 3.36. The number of hydrogen-bond donors (Lipinski definition) is 2. The number of hydrogen-bond acceptors (Lipinski definition) is 4. The van der Waals surface area contributed by atoms with Crippen molar-refractivity contribution in [3.63, 3.8) is 0 Å². The molecule has 0 atom stereocenters. The number of anilines is 1. The van der Waals surface area contributed by atoms with Gasteiger partial charge in [0, 0.05) is 25.8 Å². The van der Waals surface area contributed by atoms with E-state index in [4.69, 9.17) is 27.9 Å². The highest BCUT2D eigenvalue weighted by molar-refractivity contribution is 9.10. The predicted octanol–water partition coefficient (Wildman–Crippen LogP) is 5.81. The second kappa shape index (κ2) is 11.1. The number of benzene rings is 3. The van der Waals surface area contributed by atoms with Gasteiger partial charge in [-0.1, -0.05) is 45.2 Å². The van der Waals surface area contributed by atoms with Gasteiger partial charge in [-0.05, 0) is 73.2 Å². The third kappa shape index (κ3) is 6.56. The molecule has 0 spiro atoms. The molecule has 0 aliphatic rings. The van der Waals surface area contributed by atoms with E-state index in [9.17, 15) is 9.59 Å². The van der Waals surface area contributed by atoms with Crippen molar-refractivity contribution in [2.75, 3.05) is 5.32 Å². The number of nitrogens with one attached hydrogen (secondary N) is 2. The van der Waals surface area contributed by atoms with Crippen LogP contribution in [0.4, 0.5) is 5.69 Å². The number of ether oxygens (including phenoxy) is 1. The molecule has 3 aromatic rings. The highest BCUT2D eigenvalue weighted by atomic mass is 79.9. The van der Waals surface area contributed by atoms with Crippen molar-refractivity contribution >= 4 is 62.3 Å². The van der Waals surface area contributed by atoms with Crippen molar-refractivity contribution in [1.82, 2.24) is 5.43 Å². The summed E-state index contributed by atoms with van der Waals surface area (Å²) in [5.74, 6) is -1.06. The smallest absolute Gasteiger partial charge is 0.329 e. The summed E-state index contributed by atoms with van der Waals surface area (Å²) in [5.41, 5.74) is 4.74. The van der Waals surface area contributed by atoms with Crippen LogP contribution in [0.3, 0.4) is 0 Å². The molecule has 0 bridgehead atoms. The number of carbonyl (C=O) groups excluding carboxylic acids is 2. The van der Waals surface area contributed by atoms with Crippen LogP contribution < -0.4 is 15.5 Å². The molecule has 0 radical (unpaired) electrons. The van der Waals surface area contributed by atoms with Crippen molar-refractivity contribution in [3.05, 3.63) is 92.4 Å². The molecular formula is C23H18BrCl2N3O3. The van der Waals surface area contributed by atoms with Crippen LogP contribution >= 0.6 is 39.1 Å². The molecule has 0 saturated carbocycles. The van der Waals surface area contributed by atoms with Crippen molar-refractivity contribution < 1.29 is 14.3 Å². The summed E-state index contributed by atoms with van der Waals surface area (Å²) in [7, 11) is 0. The third-order valence-electron chi connectivity index (χ3n) is 4.35. The van der Waals surface area contributed by atoms with Crippen molar-refractivity contribution in [2.45, 2.75) is 13.5 Å². The number of rotatable bonds is 6. The van der Waals surface area contributed by atoms with E-state index < -0.39 is 11.8 Å². The Morgan fingerprint density at radius 1 is 0.938 bits per heavy atom. The summed E-state index contributed by atoms with van der Waals surface area (Å²) in [6.45, 7) is 1.95. The number of halogens is 3. The summed E-state index contributed by atoms with van der Waals surface area (Å²) in [6, 6.07) is 19.2. The standard InChI is InChI=1S/C23H18BrCl2N3O3/c1-14(28-29-23(31)22(30)27-17-9-7-16(24)8-10-17)15-5-11-18(12-6-15)32-13-19-20(25)3-2-4-21(19)26/h2-12H,13H2,1H3,(H,27,30)(H,29,31)/b28-14+. The first-order valence-corrected chi connectivity index (χ1v) is 11.0. The van der Waals surface area contributed by atoms with Gasteiger partial charge in [-0.25, -0.2) is 5.43 Å². The van der Waals surface area contributed by atoms with Crippen LogP contribution in [-0.2, 0) is 16.2 Å². The minimum Gasteiger partial charge on any atom is -0.489 e. The molecule has 0 heterocycles. The number of hydrazone groups is 1. The van der Waals surface area contributed by atoms with E-state index in [0.29, 0.717) is 32.8 Å². The van der Waals surface area contributed by atoms with Gasteiger partial charge in [0.2, 0.25) is 0 Å². The third-order valence-corrected chi connectivity index (χ3v) is 5.59. The van der Waals surface area contributed by atoms with Gasteiger partial charge < -0.3 is 10.1 Å². The molecule has 164 valence electrons. The normalized spacial score (nSPS) is 11.1. The minimum absolute atomic E-state index is 0.231. The zero-order chi connectivity index (χ0) is 23.1. The Labute approximate surface area is 203 Å². The summed E-state index contributed by atoms with van der Waals surface area (Å²) in [4.78, 5) is 24.0. The molecule has 32 heavy (non-hydrogen) atoms. The molecule has 0 aliphatic heterocycles. The van der Waals surface area contributed by atoms with Crippen molar-refractivity contribution in [3.8, 4) is 5.75 Å². The fourth-order valence-electron chi connectivity index (χ4n) is 2.59. The SMILES string of the molecule is C/C(=N\NC(=O)C(=O)Nc1ccc(Br)cc1)c1ccc(OCc2c(Cl)cccc2Cl)cc1. The van der Waals surface area contributed by atoms with Gasteiger partial charge in [-0.2, -0.15) is 5.10 Å². The average Bonchev–Trinajstić information content (AvgIpc) is 2.78. The number of nitrogens with zero attached hydrogens (tertiary/aromatic N) is 1. The first kappa shape index (κ1) is 23.8. The topological polar surface area (TPSA) is 79.8 Å². The number of amides is 2. The maximum atomic E-state index is 12.0. The Morgan fingerprint density at radius 2 is 1.56 bits per heavy atom. The maximum Gasteiger partial charge on any atom is 0.329 e. The Morgan fingerprint density at radius 3 is 2.19 bits per heavy atom. The molecule has 0 aliphatic carbocycles. The molecule has 9 heteroatoms. The molecular weight excluding hydrogens is 517 g/mol. The van der Waals surface area contributed by atoms with Gasteiger partial charge in [0.15, 0.2) is 0 Å². The first-order valence-electron chi connectivity index (χ1n) is 9.41. The fraction of sp³-hybridized carbons (Fsp3) is 0.0870. The monoisotopic (exact) mass is 533 g/mol. The van der Waals surface area contributed by atoms with Gasteiger partial charge >= 0.3 is 11.8 Å². The van der Waals surface area contributed by atoms with Crippen LogP contribution in [0.5, 0.6) is 5.75 Å². The van der Waals surface area contributed by atoms with Crippen LogP contribution in [0, 0.1) is 0 Å². The van der Waals surface area contributed by atoms with E-state index in [2.05, 4.69) is 31.8 Å². The molecule has 3 rings (SSSR count). The Bertz CT molecular complexity index is 1130. The summed E-state index contributed by atoms with van der Waals surface area (Å²) >= 11 is 15.6. The lowest BCUT2D eigenvalue weighted by Gasteiger charge is -2.10. The lowest BCUT2D eigenvalue weighted by molar-refractivity contribution is -0.136. The lowest BCUT2D eigenvalue weighted by Crippen LogP contribution is -2.32. The van der Waals surface area contributed by atoms with E-state index in [1.165, 1.54) is 0 Å². The van der Waals surface area contributed by atoms with E-state index in [1.54, 1.807) is 73.7 Å². The maximum absolute atomic E-state index is 12.0. The molecule has 2 N–H and O–H groups in total. The molecule has 0 aromatic heterocycles. The number of carbonyl (C=O) groups is 2. The first-order chi connectivity index (χ1) is 15.3. The second-order valence-electron chi connectivity index (χ2n) is 6.61. The molecule has 6 nitrogen and oxygen atoms in total. The minimum atomic E-state index is -0.871. The lowest BCUT2D eigenvalue weighted by atomic mass is 10.1. The average molecular weight is 535 g/mol. The van der Waals surface area contributed by atoms with Crippen LogP contribution in [0.25, 0.3) is 0 Å². The Kier molecular flexibility index (Phi) is 8.27. The van der Waals surface area contributed by atoms with E-state index in [-0.39, 0.29) is 6.61 Å². The molecule has 2 amide bonds. The largest absolute Gasteiger partial charge is 0.489 e. The van der Waals surface area contributed by atoms with E-state index in [0.717, 1.165) is 10.0 Å². The predicted molar refractivity (Wildman–Crippen MR) is 130 cm³/mol. The van der Waals surface area contributed by atoms with Gasteiger partial charge in [0.1, 0.15) is 12.4 Å². The zero-order valence-corrected chi connectivity index (χ0v) is 20.0. The summed E-state index contributed by atoms with van der Waals surface area (Å²) in [6.07, 6.45) is 0. The van der Waals surface area contributed by atoms with Gasteiger partial charge in [-0.3, -0.25) is 9.59 Å². The molecule has 3 aromatic carbocycles. The molecule has 0 unspecified atom stereocenters. The Hall–Kier alpha value is -2.87. The van der Waals surface area contributed by atoms with E-state index >= 15 is 0 Å². The van der Waals surface area contributed by atoms with Crippen LogP contribution in [-0.4, -0.2) is 17.5 Å². The van der Waals surface area contributed by atoms with Crippen LogP contribution in [0.1, 0.15) is 18.1 Å². The zero-order valence-electron chi connectivity index (χ0n) is 16.9. The Balaban J connectivity index is 1.55. The van der Waals surface area contributed by atoms with Crippen LogP contribution in [0.2, 0.25) is 10.0 Å². The van der Waals surface area contributed by atoms with Gasteiger partial charge in [0.05, 0.1) is 5.71 Å². The summed E-state index contributed by atoms with van der Waals surface area (Å²) < 4.78 is 6.61. The quantitative estimate of drug-likeness (QED) is 0.238. The second-order valence-corrected chi connectivity index (χ2v) is 8.34. The van der Waals surface area contributed by atoms with Crippen molar-refractivity contribution in [2.24, 2.45) is 5.10 Å². The molecule has 0 saturated heterocycles. The highest BCUT2D eigenvalue weighted by Crippen LogP contribution is 2.26. The van der Waals surface area contributed by atoms with Crippen LogP contribution in [0.15, 0.2) is 76.3 Å². The van der Waals surface area contributed by atoms with Gasteiger partial charge in [0.25, 0.3) is 0 Å². The summed E-state index contributed by atoms with van der Waals surface area (Å²) in [5, 5.41) is 7.57. The van der Waals surface area contributed by atoms with E-state index in [1.807, 2.05) is 0 Å². The van der Waals surface area contributed by atoms with Gasteiger partial charge in [-0.15, -0.1) is 0 Å². The highest BCUT2D eigenvalue weighted by Gasteiger charge is 2.13. The molecule has 0 fully saturated rings. The van der Waals surface area contributed by atoms with Crippen molar-refractivity contribution in [1.29, 1.82) is 0 Å².